The number of carbonyl (C=O) groups excluding carboxylic acids is 4. The monoisotopic (exact) mass is 1160 g/mol. The van der Waals surface area contributed by atoms with Gasteiger partial charge in [-0.2, -0.15) is 0 Å². The van der Waals surface area contributed by atoms with Crippen LogP contribution in [0.4, 0.5) is 22.7 Å². The van der Waals surface area contributed by atoms with E-state index in [0.717, 1.165) is 77.9 Å². The molecule has 4 amide bonds. The normalized spacial score (nSPS) is 14.2. The molecule has 2 spiro atoms. The molecule has 0 radical (unpaired) electrons. The molecule has 4 N–H and O–H groups in total. The molecule has 7 heterocycles. The zero-order valence-corrected chi connectivity index (χ0v) is 50.6. The Kier molecular flexibility index (Phi) is 13.8. The molecule has 19 rings (SSSR count). The molecule has 10 aromatic rings. The molecule has 10 aromatic carbocycles. The summed E-state index contributed by atoms with van der Waals surface area (Å²) < 4.78 is 0. The maximum Gasteiger partial charge on any atom is 0.255 e. The minimum Gasteiger partial charge on any atom is -0.322 e. The van der Waals surface area contributed by atoms with Gasteiger partial charge in [0.15, 0.2) is 0 Å². The van der Waals surface area contributed by atoms with Crippen LogP contribution in [0.2, 0.25) is 0 Å². The average molecular weight is 1170 g/mol. The van der Waals surface area contributed by atoms with Crippen molar-refractivity contribution in [3.63, 3.8) is 0 Å². The van der Waals surface area contributed by atoms with Crippen LogP contribution in [0.25, 0.3) is 22.3 Å². The maximum absolute atomic E-state index is 14.6. The van der Waals surface area contributed by atoms with E-state index < -0.39 is 45.3 Å². The van der Waals surface area contributed by atoms with Gasteiger partial charge in [-0.25, -0.2) is 0 Å². The van der Waals surface area contributed by atoms with Gasteiger partial charge in [-0.3, -0.25) is 19.2 Å². The standard InChI is InChI=1S/C82H60N4O4/c1-11-49-15-35-67-68-36-16-50(12-2)40-72(68)81(71(67)39-49)57-19-27-63(28-20-57)83-75(87)53-43-55(47-61(45-53)79(5,6)7)77(89)85-65-31-23-59(24-32-65)82(73-41-51(13-3)17-37-69(73)70-38-18-52(14-4)42-74(70)82)60-25-33-66(34-26-60)86-78(90)56-44-54(46-62(48-56)80(8,9)10)76(88)84-64-29-21-58(81)22-30-64/h1-4,15-48H,5-10H3,(H,83,87)(H,84,88)(H,85,89)(H,86,90). The lowest BCUT2D eigenvalue weighted by Gasteiger charge is -2.34. The quantitative estimate of drug-likeness (QED) is 0.113. The molecule has 9 aliphatic rings. The zero-order valence-electron chi connectivity index (χ0n) is 50.6. The van der Waals surface area contributed by atoms with E-state index in [0.29, 0.717) is 67.3 Å². The van der Waals surface area contributed by atoms with Crippen LogP contribution in [0, 0.1) is 49.4 Å². The minimum atomic E-state index is -0.991. The molecule has 0 atom stereocenters. The Morgan fingerprint density at radius 2 is 0.500 bits per heavy atom. The molecular formula is C82H60N4O4. The fourth-order valence-corrected chi connectivity index (χ4v) is 13.3. The van der Waals surface area contributed by atoms with Crippen molar-refractivity contribution in [1.82, 2.24) is 0 Å². The lowest BCUT2D eigenvalue weighted by atomic mass is 9.67. The van der Waals surface area contributed by atoms with Gasteiger partial charge in [0.05, 0.1) is 10.8 Å². The summed E-state index contributed by atoms with van der Waals surface area (Å²) in [7, 11) is 0. The number of anilines is 4. The van der Waals surface area contributed by atoms with Crippen LogP contribution >= 0.6 is 0 Å². The third-order valence-corrected chi connectivity index (χ3v) is 17.9. The molecule has 12 bridgehead atoms. The second-order valence-corrected chi connectivity index (χ2v) is 25.3. The molecule has 8 heteroatoms. The molecule has 2 aliphatic carbocycles. The van der Waals surface area contributed by atoms with Crippen molar-refractivity contribution in [3.05, 3.63) is 306 Å². The van der Waals surface area contributed by atoms with E-state index in [4.69, 9.17) is 25.7 Å². The predicted molar refractivity (Wildman–Crippen MR) is 361 cm³/mol. The Labute approximate surface area is 525 Å². The first-order valence-corrected chi connectivity index (χ1v) is 29.7. The Morgan fingerprint density at radius 1 is 0.289 bits per heavy atom. The molecule has 90 heavy (non-hydrogen) atoms. The highest BCUT2D eigenvalue weighted by Gasteiger charge is 2.48. The van der Waals surface area contributed by atoms with Gasteiger partial charge in [-0.05, 0) is 222 Å². The largest absolute Gasteiger partial charge is 0.322 e. The van der Waals surface area contributed by atoms with Gasteiger partial charge in [-0.1, -0.05) is 138 Å². The third kappa shape index (κ3) is 9.60. The summed E-state index contributed by atoms with van der Waals surface area (Å²) in [5, 5.41) is 12.5. The highest BCUT2D eigenvalue weighted by Crippen LogP contribution is 2.58. The fraction of sp³-hybridized carbons (Fsp3) is 0.122. The maximum atomic E-state index is 14.6. The van der Waals surface area contributed by atoms with Crippen LogP contribution in [0.5, 0.6) is 0 Å². The van der Waals surface area contributed by atoms with Crippen molar-refractivity contribution >= 4 is 46.4 Å². The zero-order chi connectivity index (χ0) is 63.0. The van der Waals surface area contributed by atoms with Crippen LogP contribution in [-0.2, 0) is 21.7 Å². The van der Waals surface area contributed by atoms with Gasteiger partial charge in [0, 0.05) is 67.3 Å². The number of amides is 4. The van der Waals surface area contributed by atoms with Gasteiger partial charge in [0.2, 0.25) is 0 Å². The van der Waals surface area contributed by atoms with Gasteiger partial charge >= 0.3 is 0 Å². The molecule has 0 fully saturated rings. The average Bonchev–Trinajstić information content (AvgIpc) is 1.53. The van der Waals surface area contributed by atoms with Gasteiger partial charge < -0.3 is 21.3 Å². The number of hydrogen-bond acceptors (Lipinski definition) is 4. The van der Waals surface area contributed by atoms with E-state index in [9.17, 15) is 19.2 Å². The third-order valence-electron chi connectivity index (χ3n) is 17.9. The smallest absolute Gasteiger partial charge is 0.255 e. The summed E-state index contributed by atoms with van der Waals surface area (Å²) in [6.07, 6.45) is 24.5. The molecule has 432 valence electrons. The van der Waals surface area contributed by atoms with Crippen LogP contribution in [0.15, 0.2) is 206 Å². The fourth-order valence-electron chi connectivity index (χ4n) is 13.3. The van der Waals surface area contributed by atoms with Gasteiger partial charge in [-0.15, -0.1) is 25.7 Å². The van der Waals surface area contributed by atoms with E-state index in [1.807, 2.05) is 236 Å². The number of benzene rings is 10. The molecular weight excluding hydrogens is 1100 g/mol. The molecule has 0 saturated carbocycles. The Balaban J connectivity index is 0.969. The van der Waals surface area contributed by atoms with Crippen LogP contribution in [-0.4, -0.2) is 23.6 Å². The van der Waals surface area contributed by atoms with Crippen molar-refractivity contribution in [2.75, 3.05) is 21.3 Å². The van der Waals surface area contributed by atoms with Gasteiger partial charge in [0.1, 0.15) is 0 Å². The second kappa shape index (κ2) is 21.6. The SMILES string of the molecule is C#Cc1ccc2c(c1)C1(c3ccc(cc3)NC(=O)c3cc(cc(C(C)(C)C)c3)C(=O)Nc3ccc(cc3)C3(c4ccc(cc4)NC(=O)c4cc(cc(C(C)(C)C)c4)C(=O)Nc4ccc1cc4)c1cc(C#C)ccc1-c1ccc(C#C)cc13)c1cc(C#C)ccc1-2. The number of rotatable bonds is 0. The van der Waals surface area contributed by atoms with Crippen LogP contribution in [0.3, 0.4) is 0 Å². The first-order chi connectivity index (χ1) is 43.2. The van der Waals surface area contributed by atoms with E-state index in [2.05, 4.69) is 44.9 Å². The molecule has 8 nitrogen and oxygen atoms in total. The summed E-state index contributed by atoms with van der Waals surface area (Å²) in [6.45, 7) is 12.2. The minimum absolute atomic E-state index is 0.301. The molecule has 0 saturated heterocycles. The summed E-state index contributed by atoms with van der Waals surface area (Å²) in [5.41, 5.74) is 15.8. The number of carbonyl (C=O) groups is 4. The van der Waals surface area contributed by atoms with E-state index in [1.54, 1.807) is 12.1 Å². The summed E-state index contributed by atoms with van der Waals surface area (Å²) in [4.78, 5) is 58.6. The predicted octanol–water partition coefficient (Wildman–Crippen LogP) is 16.3. The van der Waals surface area contributed by atoms with Crippen molar-refractivity contribution in [1.29, 1.82) is 0 Å². The highest BCUT2D eigenvalue weighted by molar-refractivity contribution is 6.10. The second-order valence-electron chi connectivity index (χ2n) is 25.3. The number of nitrogens with one attached hydrogen (secondary N) is 4. The van der Waals surface area contributed by atoms with Gasteiger partial charge in [0.25, 0.3) is 23.6 Å². The van der Waals surface area contributed by atoms with E-state index in [1.165, 1.54) is 0 Å². The van der Waals surface area contributed by atoms with Crippen molar-refractivity contribution < 1.29 is 19.2 Å². The molecule has 0 aromatic heterocycles. The lowest BCUT2D eigenvalue weighted by molar-refractivity contribution is 0.101. The Bertz CT molecular complexity index is 4290. The number of fused-ring (bicyclic) bond motifs is 6. The summed E-state index contributed by atoms with van der Waals surface area (Å²) >= 11 is 0. The number of terminal acetylenes is 4. The first kappa shape index (κ1) is 57.4. The van der Waals surface area contributed by atoms with Crippen LogP contribution < -0.4 is 21.3 Å². The molecule has 0 unspecified atom stereocenters. The number of hydrogen-bond donors (Lipinski definition) is 4. The Hall–Kier alpha value is -11.7. The van der Waals surface area contributed by atoms with Crippen molar-refractivity contribution in [3.8, 4) is 71.6 Å². The molecule has 7 aliphatic heterocycles. The van der Waals surface area contributed by atoms with Crippen molar-refractivity contribution in [2.24, 2.45) is 0 Å². The summed E-state index contributed by atoms with van der Waals surface area (Å²) in [5.74, 6) is 9.78. The van der Waals surface area contributed by atoms with E-state index in [-0.39, 0.29) is 0 Å². The van der Waals surface area contributed by atoms with Crippen LogP contribution in [0.1, 0.15) is 161 Å². The lowest BCUT2D eigenvalue weighted by Crippen LogP contribution is -2.29. The first-order valence-electron chi connectivity index (χ1n) is 29.7. The topological polar surface area (TPSA) is 116 Å². The Morgan fingerprint density at radius 3 is 0.689 bits per heavy atom. The van der Waals surface area contributed by atoms with E-state index >= 15 is 0 Å². The van der Waals surface area contributed by atoms with Crippen molar-refractivity contribution in [2.45, 2.75) is 63.2 Å². The highest BCUT2D eigenvalue weighted by atomic mass is 16.2. The summed E-state index contributed by atoms with van der Waals surface area (Å²) in [6, 6.07) is 65.5.